The van der Waals surface area contributed by atoms with Gasteiger partial charge in [-0.1, -0.05) is 11.6 Å². The van der Waals surface area contributed by atoms with Gasteiger partial charge in [-0.2, -0.15) is 0 Å². The molecule has 0 unspecified atom stereocenters. The number of halogens is 1. The second-order valence-electron chi connectivity index (χ2n) is 6.60. The quantitative estimate of drug-likeness (QED) is 0.593. The van der Waals surface area contributed by atoms with Crippen molar-refractivity contribution >= 4 is 29.1 Å². The molecule has 2 aromatic heterocycles. The predicted molar refractivity (Wildman–Crippen MR) is 111 cm³/mol. The van der Waals surface area contributed by atoms with E-state index in [2.05, 4.69) is 20.6 Å². The highest BCUT2D eigenvalue weighted by molar-refractivity contribution is 6.34. The minimum Gasteiger partial charge on any atom is -0.503 e. The minimum atomic E-state index is -0.509. The van der Waals surface area contributed by atoms with Gasteiger partial charge in [-0.15, -0.1) is 0 Å². The average molecular weight is 414 g/mol. The number of nitrogens with zero attached hydrogens (tertiary/aromatic N) is 3. The van der Waals surface area contributed by atoms with Crippen LogP contribution in [0, 0.1) is 13.8 Å². The molecule has 3 rings (SSSR count). The van der Waals surface area contributed by atoms with Crippen LogP contribution < -0.4 is 16.1 Å². The molecule has 8 nitrogen and oxygen atoms in total. The maximum absolute atomic E-state index is 12.6. The smallest absolute Gasteiger partial charge is 0.253 e. The number of pyridine rings is 1. The lowest BCUT2D eigenvalue weighted by molar-refractivity contribution is 0.0950. The van der Waals surface area contributed by atoms with Crippen LogP contribution >= 0.6 is 11.6 Å². The molecular formula is C20H20ClN5O3. The molecule has 0 saturated heterocycles. The Labute approximate surface area is 172 Å². The molecule has 9 heteroatoms. The molecule has 3 N–H and O–H groups in total. The number of carbonyl (C=O) groups excluding carboxylic acids is 1. The summed E-state index contributed by atoms with van der Waals surface area (Å²) in [5.74, 6) is -0.325. The zero-order valence-corrected chi connectivity index (χ0v) is 16.9. The van der Waals surface area contributed by atoms with Crippen LogP contribution in [0.3, 0.4) is 0 Å². The highest BCUT2D eigenvalue weighted by Gasteiger charge is 2.13. The predicted octanol–water partition coefficient (Wildman–Crippen LogP) is 2.82. The Balaban J connectivity index is 1.77. The standard InChI is InChI=1S/C20H20ClN5O3/c1-11-6-12(2)24-20(23-11)25-13-4-5-16(21)15(7-13)19(29)22-9-14-8-17(27)18(28)10-26(14)3/h4-8,10,28H,9H2,1-3H3,(H,22,29)(H,23,24,25). The van der Waals surface area contributed by atoms with Gasteiger partial charge in [-0.25, -0.2) is 9.97 Å². The third-order valence-corrected chi connectivity index (χ3v) is 4.53. The van der Waals surface area contributed by atoms with E-state index in [4.69, 9.17) is 11.6 Å². The Hall–Kier alpha value is -3.39. The number of rotatable bonds is 5. The number of amides is 1. The van der Waals surface area contributed by atoms with Crippen LogP contribution in [-0.2, 0) is 13.6 Å². The molecule has 0 radical (unpaired) electrons. The van der Waals surface area contributed by atoms with Crippen LogP contribution in [0.4, 0.5) is 11.6 Å². The second kappa shape index (κ2) is 8.32. The number of aromatic hydroxyl groups is 1. The van der Waals surface area contributed by atoms with Crippen LogP contribution in [0.25, 0.3) is 0 Å². The minimum absolute atomic E-state index is 0.0963. The summed E-state index contributed by atoms with van der Waals surface area (Å²) < 4.78 is 1.56. The summed E-state index contributed by atoms with van der Waals surface area (Å²) in [4.78, 5) is 32.9. The normalized spacial score (nSPS) is 10.6. The fourth-order valence-electron chi connectivity index (χ4n) is 2.79. The fraction of sp³-hybridized carbons (Fsp3) is 0.200. The number of nitrogens with one attached hydrogen (secondary N) is 2. The molecule has 0 atom stereocenters. The van der Waals surface area contributed by atoms with E-state index in [9.17, 15) is 14.7 Å². The topological polar surface area (TPSA) is 109 Å². The highest BCUT2D eigenvalue weighted by Crippen LogP contribution is 2.22. The monoisotopic (exact) mass is 413 g/mol. The van der Waals surface area contributed by atoms with Crippen molar-refractivity contribution in [2.24, 2.45) is 7.05 Å². The van der Waals surface area contributed by atoms with Gasteiger partial charge in [0, 0.05) is 42.1 Å². The van der Waals surface area contributed by atoms with E-state index < -0.39 is 11.3 Å². The van der Waals surface area contributed by atoms with Crippen LogP contribution in [0.15, 0.2) is 41.3 Å². The Kier molecular flexibility index (Phi) is 5.84. The zero-order chi connectivity index (χ0) is 21.1. The van der Waals surface area contributed by atoms with Crippen molar-refractivity contribution in [3.63, 3.8) is 0 Å². The van der Waals surface area contributed by atoms with E-state index in [0.29, 0.717) is 17.3 Å². The first-order valence-corrected chi connectivity index (χ1v) is 9.16. The molecule has 0 bridgehead atoms. The first-order valence-electron chi connectivity index (χ1n) is 8.78. The van der Waals surface area contributed by atoms with Crippen molar-refractivity contribution in [2.45, 2.75) is 20.4 Å². The summed E-state index contributed by atoms with van der Waals surface area (Å²) in [7, 11) is 1.67. The molecule has 2 heterocycles. The van der Waals surface area contributed by atoms with Crippen molar-refractivity contribution in [1.82, 2.24) is 19.9 Å². The lowest BCUT2D eigenvalue weighted by Gasteiger charge is -2.12. The summed E-state index contributed by atoms with van der Waals surface area (Å²) in [5.41, 5.74) is 2.56. The number of aromatic nitrogens is 3. The van der Waals surface area contributed by atoms with E-state index >= 15 is 0 Å². The van der Waals surface area contributed by atoms with Crippen molar-refractivity contribution in [1.29, 1.82) is 0 Å². The van der Waals surface area contributed by atoms with Crippen LogP contribution in [0.2, 0.25) is 5.02 Å². The third-order valence-electron chi connectivity index (χ3n) is 4.20. The number of anilines is 2. The van der Waals surface area contributed by atoms with E-state index in [-0.39, 0.29) is 22.9 Å². The van der Waals surface area contributed by atoms with Crippen LogP contribution in [0.5, 0.6) is 5.75 Å². The van der Waals surface area contributed by atoms with Gasteiger partial charge in [0.25, 0.3) is 5.91 Å². The number of aryl methyl sites for hydroxylation is 3. The molecule has 29 heavy (non-hydrogen) atoms. The number of hydrogen-bond acceptors (Lipinski definition) is 6. The SMILES string of the molecule is Cc1cc(C)nc(Nc2ccc(Cl)c(C(=O)NCc3cc(=O)c(O)cn3C)c2)n1. The number of carbonyl (C=O) groups is 1. The van der Waals surface area contributed by atoms with Gasteiger partial charge >= 0.3 is 0 Å². The van der Waals surface area contributed by atoms with Crippen molar-refractivity contribution < 1.29 is 9.90 Å². The average Bonchev–Trinajstić information content (AvgIpc) is 2.64. The Bertz CT molecular complexity index is 1120. The van der Waals surface area contributed by atoms with Gasteiger partial charge in [0.2, 0.25) is 11.4 Å². The van der Waals surface area contributed by atoms with E-state index in [1.54, 1.807) is 29.8 Å². The number of benzene rings is 1. The molecule has 1 aromatic carbocycles. The molecule has 0 fully saturated rings. The summed E-state index contributed by atoms with van der Waals surface area (Å²) in [6, 6.07) is 8.07. The fourth-order valence-corrected chi connectivity index (χ4v) is 2.99. The van der Waals surface area contributed by atoms with Crippen molar-refractivity contribution in [3.05, 3.63) is 74.4 Å². The lowest BCUT2D eigenvalue weighted by atomic mass is 10.2. The van der Waals surface area contributed by atoms with E-state index in [1.165, 1.54) is 12.3 Å². The van der Waals surface area contributed by atoms with Gasteiger partial charge in [0.05, 0.1) is 17.1 Å². The number of hydrogen-bond donors (Lipinski definition) is 3. The van der Waals surface area contributed by atoms with Gasteiger partial charge in [0.15, 0.2) is 5.75 Å². The summed E-state index contributed by atoms with van der Waals surface area (Å²) in [6.07, 6.45) is 1.30. The van der Waals surface area contributed by atoms with Crippen LogP contribution in [0.1, 0.15) is 27.4 Å². The van der Waals surface area contributed by atoms with Gasteiger partial charge in [-0.05, 0) is 38.1 Å². The molecular weight excluding hydrogens is 394 g/mol. The lowest BCUT2D eigenvalue weighted by Crippen LogP contribution is -2.25. The molecule has 0 saturated carbocycles. The molecule has 0 aliphatic carbocycles. The van der Waals surface area contributed by atoms with E-state index in [1.807, 2.05) is 19.9 Å². The summed E-state index contributed by atoms with van der Waals surface area (Å²) in [5, 5.41) is 15.5. The second-order valence-corrected chi connectivity index (χ2v) is 7.01. The zero-order valence-electron chi connectivity index (χ0n) is 16.2. The maximum Gasteiger partial charge on any atom is 0.253 e. The highest BCUT2D eigenvalue weighted by atomic mass is 35.5. The molecule has 3 aromatic rings. The molecule has 0 aliphatic heterocycles. The maximum atomic E-state index is 12.6. The Morgan fingerprint density at radius 1 is 1.17 bits per heavy atom. The Morgan fingerprint density at radius 3 is 2.55 bits per heavy atom. The Morgan fingerprint density at radius 2 is 1.86 bits per heavy atom. The molecule has 1 amide bonds. The molecule has 150 valence electrons. The van der Waals surface area contributed by atoms with Crippen molar-refractivity contribution in [3.8, 4) is 5.75 Å². The van der Waals surface area contributed by atoms with Gasteiger partial charge < -0.3 is 20.3 Å². The summed E-state index contributed by atoms with van der Waals surface area (Å²) >= 11 is 6.20. The first kappa shape index (κ1) is 20.3. The first-order chi connectivity index (χ1) is 13.7. The largest absolute Gasteiger partial charge is 0.503 e. The third kappa shape index (κ3) is 4.91. The van der Waals surface area contributed by atoms with Crippen molar-refractivity contribution in [2.75, 3.05) is 5.32 Å². The molecule has 0 aliphatic rings. The van der Waals surface area contributed by atoms with Gasteiger partial charge in [-0.3, -0.25) is 9.59 Å². The van der Waals surface area contributed by atoms with Gasteiger partial charge in [0.1, 0.15) is 0 Å². The van der Waals surface area contributed by atoms with E-state index in [0.717, 1.165) is 11.4 Å². The summed E-state index contributed by atoms with van der Waals surface area (Å²) in [6.45, 7) is 3.84. The molecule has 0 spiro atoms. The van der Waals surface area contributed by atoms with Crippen LogP contribution in [-0.4, -0.2) is 25.5 Å².